The molecule has 2 N–H and O–H groups in total. The third kappa shape index (κ3) is 11.3. The minimum Gasteiger partial charge on any atom is -0.478 e. The second-order valence-corrected chi connectivity index (χ2v) is 9.36. The summed E-state index contributed by atoms with van der Waals surface area (Å²) in [5.74, 6) is -1.11. The van der Waals surface area contributed by atoms with E-state index in [0.29, 0.717) is 6.42 Å². The van der Waals surface area contributed by atoms with Gasteiger partial charge in [0.1, 0.15) is 0 Å². The summed E-state index contributed by atoms with van der Waals surface area (Å²) in [7, 11) is -3.52. The Labute approximate surface area is 171 Å². The van der Waals surface area contributed by atoms with Crippen LogP contribution in [0.15, 0.2) is 24.3 Å². The van der Waals surface area contributed by atoms with E-state index in [-0.39, 0.29) is 17.0 Å². The zero-order chi connectivity index (χ0) is 20.7. The second kappa shape index (κ2) is 14.4. The van der Waals surface area contributed by atoms with Crippen LogP contribution >= 0.6 is 0 Å². The molecule has 28 heavy (non-hydrogen) atoms. The van der Waals surface area contributed by atoms with Crippen LogP contribution in [0, 0.1) is 0 Å². The molecule has 5 nitrogen and oxygen atoms in total. The molecule has 0 radical (unpaired) electrons. The van der Waals surface area contributed by atoms with Crippen LogP contribution in [0.2, 0.25) is 0 Å². The maximum absolute atomic E-state index is 12.2. The largest absolute Gasteiger partial charge is 0.478 e. The number of sulfonamides is 1. The highest BCUT2D eigenvalue weighted by atomic mass is 32.2. The van der Waals surface area contributed by atoms with Gasteiger partial charge in [-0.25, -0.2) is 13.2 Å². The summed E-state index contributed by atoms with van der Waals surface area (Å²) < 4.78 is 26.7. The molecule has 0 aliphatic heterocycles. The number of carbonyl (C=O) groups is 1. The number of carboxylic acid groups (broad SMARTS) is 1. The molecule has 0 spiro atoms. The summed E-state index contributed by atoms with van der Waals surface area (Å²) in [6.45, 7) is 2.24. The average Bonchev–Trinajstić information content (AvgIpc) is 2.65. The van der Waals surface area contributed by atoms with E-state index in [4.69, 9.17) is 5.11 Å². The summed E-state index contributed by atoms with van der Waals surface area (Å²) in [6.07, 6.45) is 15.6. The second-order valence-electron chi connectivity index (χ2n) is 7.51. The van der Waals surface area contributed by atoms with Gasteiger partial charge in [-0.3, -0.25) is 4.72 Å². The number of unbranched alkanes of at least 4 members (excludes halogenated alkanes) is 12. The topological polar surface area (TPSA) is 83.5 Å². The number of carboxylic acids is 1. The molecule has 0 atom stereocenters. The molecule has 160 valence electrons. The first-order valence-electron chi connectivity index (χ1n) is 10.8. The molecule has 1 rings (SSSR count). The molecule has 0 unspecified atom stereocenters. The molecule has 6 heteroatoms. The van der Waals surface area contributed by atoms with E-state index in [1.165, 1.54) is 69.9 Å². The van der Waals surface area contributed by atoms with E-state index in [1.54, 1.807) is 12.1 Å². The highest BCUT2D eigenvalue weighted by molar-refractivity contribution is 7.92. The standard InChI is InChI=1S/C22H37NO4S/c1-2-3-4-5-6-7-8-9-10-11-12-13-16-19-28(26,27)23-21-18-15-14-17-20(21)22(24)25/h14-15,17-18,23H,2-13,16,19H2,1H3,(H,24,25). The molecule has 0 heterocycles. The van der Waals surface area contributed by atoms with Gasteiger partial charge in [-0.1, -0.05) is 96.1 Å². The van der Waals surface area contributed by atoms with Crippen LogP contribution in [0.5, 0.6) is 0 Å². The van der Waals surface area contributed by atoms with Gasteiger partial charge in [-0.15, -0.1) is 0 Å². The zero-order valence-corrected chi connectivity index (χ0v) is 18.1. The highest BCUT2D eigenvalue weighted by Crippen LogP contribution is 2.17. The van der Waals surface area contributed by atoms with Crippen molar-refractivity contribution < 1.29 is 18.3 Å². The number of hydrogen-bond donors (Lipinski definition) is 2. The van der Waals surface area contributed by atoms with Crippen molar-refractivity contribution in [2.45, 2.75) is 90.4 Å². The summed E-state index contributed by atoms with van der Waals surface area (Å²) in [4.78, 5) is 11.2. The predicted octanol–water partition coefficient (Wildman–Crippen LogP) is 6.22. The Balaban J connectivity index is 2.09. The minimum absolute atomic E-state index is 0.0265. The summed E-state index contributed by atoms with van der Waals surface area (Å²) >= 11 is 0. The molecule has 0 aliphatic rings. The normalized spacial score (nSPS) is 11.5. The Hall–Kier alpha value is -1.56. The summed E-state index contributed by atoms with van der Waals surface area (Å²) in [6, 6.07) is 6.07. The lowest BCUT2D eigenvalue weighted by atomic mass is 10.1. The first-order chi connectivity index (χ1) is 13.5. The SMILES string of the molecule is CCCCCCCCCCCCCCCS(=O)(=O)Nc1ccccc1C(=O)O. The van der Waals surface area contributed by atoms with Gasteiger partial charge in [-0.05, 0) is 18.6 Å². The van der Waals surface area contributed by atoms with E-state index in [0.717, 1.165) is 19.3 Å². The summed E-state index contributed by atoms with van der Waals surface area (Å²) in [5.41, 5.74) is 0.0983. The third-order valence-electron chi connectivity index (χ3n) is 4.94. The fourth-order valence-corrected chi connectivity index (χ4v) is 4.49. The Bertz CT molecular complexity index is 658. The monoisotopic (exact) mass is 411 g/mol. The van der Waals surface area contributed by atoms with E-state index >= 15 is 0 Å². The average molecular weight is 412 g/mol. The molecule has 1 aromatic rings. The van der Waals surface area contributed by atoms with E-state index in [2.05, 4.69) is 11.6 Å². The first-order valence-corrected chi connectivity index (χ1v) is 12.4. The van der Waals surface area contributed by atoms with Crippen molar-refractivity contribution >= 4 is 21.7 Å². The molecule has 0 bridgehead atoms. The lowest BCUT2D eigenvalue weighted by Gasteiger charge is -2.10. The van der Waals surface area contributed by atoms with Crippen molar-refractivity contribution in [3.63, 3.8) is 0 Å². The van der Waals surface area contributed by atoms with Gasteiger partial charge >= 0.3 is 5.97 Å². The van der Waals surface area contributed by atoms with Crippen molar-refractivity contribution in [3.8, 4) is 0 Å². The molecular formula is C22H37NO4S. The quantitative estimate of drug-likeness (QED) is 0.298. The number of rotatable bonds is 17. The smallest absolute Gasteiger partial charge is 0.337 e. The molecule has 0 saturated carbocycles. The summed E-state index contributed by atoms with van der Waals surface area (Å²) in [5, 5.41) is 9.13. The van der Waals surface area contributed by atoms with Crippen LogP contribution in [0.1, 0.15) is 101 Å². The number of anilines is 1. The number of aromatic carboxylic acids is 1. The van der Waals surface area contributed by atoms with E-state index in [9.17, 15) is 13.2 Å². The molecule has 0 saturated heterocycles. The molecular weight excluding hydrogens is 374 g/mol. The van der Waals surface area contributed by atoms with Crippen LogP contribution in [0.4, 0.5) is 5.69 Å². The molecule has 0 aliphatic carbocycles. The van der Waals surface area contributed by atoms with Crippen molar-refractivity contribution in [3.05, 3.63) is 29.8 Å². The predicted molar refractivity (Wildman–Crippen MR) is 117 cm³/mol. The van der Waals surface area contributed by atoms with E-state index < -0.39 is 16.0 Å². The third-order valence-corrected chi connectivity index (χ3v) is 6.30. The molecule has 0 fully saturated rings. The van der Waals surface area contributed by atoms with Gasteiger partial charge in [0.2, 0.25) is 10.0 Å². The van der Waals surface area contributed by atoms with Crippen LogP contribution < -0.4 is 4.72 Å². The van der Waals surface area contributed by atoms with Crippen molar-refractivity contribution in [2.24, 2.45) is 0 Å². The molecule has 0 aromatic heterocycles. The number of hydrogen-bond acceptors (Lipinski definition) is 3. The van der Waals surface area contributed by atoms with Crippen molar-refractivity contribution in [1.82, 2.24) is 0 Å². The number of para-hydroxylation sites is 1. The maximum Gasteiger partial charge on any atom is 0.337 e. The fraction of sp³-hybridized carbons (Fsp3) is 0.682. The van der Waals surface area contributed by atoms with Crippen LogP contribution in [0.25, 0.3) is 0 Å². The molecule has 1 aromatic carbocycles. The maximum atomic E-state index is 12.2. The Morgan fingerprint density at radius 3 is 1.79 bits per heavy atom. The lowest BCUT2D eigenvalue weighted by molar-refractivity contribution is 0.0698. The Kier molecular flexibility index (Phi) is 12.6. The van der Waals surface area contributed by atoms with Crippen LogP contribution in [0.3, 0.4) is 0 Å². The number of benzene rings is 1. The van der Waals surface area contributed by atoms with Crippen LogP contribution in [-0.4, -0.2) is 25.2 Å². The van der Waals surface area contributed by atoms with E-state index in [1.807, 2.05) is 0 Å². The van der Waals surface area contributed by atoms with Gasteiger partial charge in [-0.2, -0.15) is 0 Å². The van der Waals surface area contributed by atoms with Gasteiger partial charge in [0.15, 0.2) is 0 Å². The lowest BCUT2D eigenvalue weighted by Crippen LogP contribution is -2.18. The van der Waals surface area contributed by atoms with Gasteiger partial charge in [0.05, 0.1) is 17.0 Å². The van der Waals surface area contributed by atoms with Crippen LogP contribution in [-0.2, 0) is 10.0 Å². The Morgan fingerprint density at radius 2 is 1.29 bits per heavy atom. The first kappa shape index (κ1) is 24.5. The highest BCUT2D eigenvalue weighted by Gasteiger charge is 2.15. The fourth-order valence-electron chi connectivity index (χ4n) is 3.29. The zero-order valence-electron chi connectivity index (χ0n) is 17.3. The van der Waals surface area contributed by atoms with Gasteiger partial charge in [0, 0.05) is 0 Å². The number of nitrogens with one attached hydrogen (secondary N) is 1. The van der Waals surface area contributed by atoms with Crippen molar-refractivity contribution in [1.29, 1.82) is 0 Å². The van der Waals surface area contributed by atoms with Gasteiger partial charge in [0.25, 0.3) is 0 Å². The molecule has 0 amide bonds. The Morgan fingerprint density at radius 1 is 0.821 bits per heavy atom. The minimum atomic E-state index is -3.52. The van der Waals surface area contributed by atoms with Crippen molar-refractivity contribution in [2.75, 3.05) is 10.5 Å². The van der Waals surface area contributed by atoms with Gasteiger partial charge < -0.3 is 5.11 Å².